The maximum absolute atomic E-state index is 13.4. The van der Waals surface area contributed by atoms with Gasteiger partial charge < -0.3 is 4.42 Å². The second-order valence-electron chi connectivity index (χ2n) is 6.71. The molecule has 4 aromatic rings. The van der Waals surface area contributed by atoms with Gasteiger partial charge in [-0.15, -0.1) is 0 Å². The average molecular weight is 347 g/mol. The molecule has 1 fully saturated rings. The predicted octanol–water partition coefficient (Wildman–Crippen LogP) is 3.30. The minimum atomic E-state index is -0.169. The fourth-order valence-corrected chi connectivity index (χ4v) is 3.20. The SMILES string of the molecule is Cc1cc(C(=O)N(c2nc3ccccc3o2)C2CC2)n2nc(C)cc2n1. The standard InChI is InChI=1S/C19H17N5O2/c1-11-9-15(24-17(20-11)10-12(2)22-24)18(25)23(13-7-8-13)19-21-14-5-3-4-6-16(14)26-19/h3-6,9-10,13H,7-8H2,1-2H3. The van der Waals surface area contributed by atoms with Gasteiger partial charge in [-0.05, 0) is 44.9 Å². The maximum atomic E-state index is 13.4. The van der Waals surface area contributed by atoms with Crippen LogP contribution in [-0.2, 0) is 0 Å². The molecule has 0 atom stereocenters. The number of hydrogen-bond donors (Lipinski definition) is 0. The summed E-state index contributed by atoms with van der Waals surface area (Å²) in [6.07, 6.45) is 1.88. The van der Waals surface area contributed by atoms with Crippen molar-refractivity contribution in [2.45, 2.75) is 32.7 Å². The Kier molecular flexibility index (Phi) is 3.12. The van der Waals surface area contributed by atoms with E-state index in [1.807, 2.05) is 44.2 Å². The number of aryl methyl sites for hydroxylation is 2. The molecule has 0 spiro atoms. The van der Waals surface area contributed by atoms with E-state index >= 15 is 0 Å². The highest BCUT2D eigenvalue weighted by molar-refractivity contribution is 6.05. The van der Waals surface area contributed by atoms with Crippen molar-refractivity contribution >= 4 is 28.7 Å². The van der Waals surface area contributed by atoms with E-state index in [2.05, 4.69) is 15.1 Å². The molecule has 7 nitrogen and oxygen atoms in total. The van der Waals surface area contributed by atoms with E-state index < -0.39 is 0 Å². The van der Waals surface area contributed by atoms with Crippen molar-refractivity contribution in [2.75, 3.05) is 4.90 Å². The van der Waals surface area contributed by atoms with E-state index in [0.29, 0.717) is 22.9 Å². The molecule has 1 amide bonds. The zero-order valence-corrected chi connectivity index (χ0v) is 14.5. The summed E-state index contributed by atoms with van der Waals surface area (Å²) in [5.74, 6) is -0.169. The fourth-order valence-electron chi connectivity index (χ4n) is 3.20. The normalized spacial score (nSPS) is 14.2. The van der Waals surface area contributed by atoms with Gasteiger partial charge in [0, 0.05) is 17.8 Å². The maximum Gasteiger partial charge on any atom is 0.305 e. The van der Waals surface area contributed by atoms with Crippen LogP contribution < -0.4 is 4.90 Å². The molecule has 3 aromatic heterocycles. The highest BCUT2D eigenvalue weighted by Gasteiger charge is 2.38. The zero-order valence-electron chi connectivity index (χ0n) is 14.5. The molecule has 3 heterocycles. The smallest absolute Gasteiger partial charge is 0.305 e. The molecule has 0 bridgehead atoms. The minimum absolute atomic E-state index is 0.107. The van der Waals surface area contributed by atoms with Crippen molar-refractivity contribution in [3.05, 3.63) is 53.5 Å². The van der Waals surface area contributed by atoms with Crippen LogP contribution in [0.2, 0.25) is 0 Å². The summed E-state index contributed by atoms with van der Waals surface area (Å²) in [6.45, 7) is 3.76. The van der Waals surface area contributed by atoms with Crippen LogP contribution in [0.15, 0.2) is 40.8 Å². The molecule has 1 aliphatic carbocycles. The summed E-state index contributed by atoms with van der Waals surface area (Å²) in [6, 6.07) is 11.6. The van der Waals surface area contributed by atoms with Gasteiger partial charge in [-0.1, -0.05) is 12.1 Å². The Hall–Kier alpha value is -3.22. The highest BCUT2D eigenvalue weighted by atomic mass is 16.4. The van der Waals surface area contributed by atoms with Crippen molar-refractivity contribution in [2.24, 2.45) is 0 Å². The first kappa shape index (κ1) is 15.1. The lowest BCUT2D eigenvalue weighted by Gasteiger charge is -2.18. The second kappa shape index (κ2) is 5.39. The number of nitrogens with zero attached hydrogens (tertiary/aromatic N) is 5. The van der Waals surface area contributed by atoms with Gasteiger partial charge >= 0.3 is 6.01 Å². The number of amides is 1. The third kappa shape index (κ3) is 2.35. The van der Waals surface area contributed by atoms with Gasteiger partial charge in [0.05, 0.1) is 5.69 Å². The third-order valence-electron chi connectivity index (χ3n) is 4.52. The lowest BCUT2D eigenvalue weighted by molar-refractivity contribution is 0.0972. The lowest BCUT2D eigenvalue weighted by Crippen LogP contribution is -2.35. The van der Waals surface area contributed by atoms with Crippen molar-refractivity contribution in [1.82, 2.24) is 19.6 Å². The van der Waals surface area contributed by atoms with Crippen LogP contribution in [0.4, 0.5) is 6.01 Å². The van der Waals surface area contributed by atoms with Gasteiger partial charge in [0.15, 0.2) is 11.2 Å². The molecule has 7 heteroatoms. The van der Waals surface area contributed by atoms with Crippen LogP contribution in [-0.4, -0.2) is 31.5 Å². The molecule has 0 saturated heterocycles. The van der Waals surface area contributed by atoms with E-state index in [0.717, 1.165) is 29.7 Å². The fraction of sp³-hybridized carbons (Fsp3) is 0.263. The molecule has 1 aliphatic rings. The number of anilines is 1. The van der Waals surface area contributed by atoms with Crippen LogP contribution in [0.3, 0.4) is 0 Å². The van der Waals surface area contributed by atoms with Gasteiger partial charge in [-0.2, -0.15) is 10.1 Å². The number of benzene rings is 1. The van der Waals surface area contributed by atoms with E-state index in [1.54, 1.807) is 15.5 Å². The summed E-state index contributed by atoms with van der Waals surface area (Å²) in [4.78, 5) is 24.1. The number of carbonyl (C=O) groups is 1. The number of fused-ring (bicyclic) bond motifs is 2. The number of rotatable bonds is 3. The summed E-state index contributed by atoms with van der Waals surface area (Å²) in [5, 5.41) is 4.43. The number of hydrogen-bond acceptors (Lipinski definition) is 5. The molecule has 5 rings (SSSR count). The molecule has 130 valence electrons. The summed E-state index contributed by atoms with van der Waals surface area (Å²) < 4.78 is 7.47. The van der Waals surface area contributed by atoms with E-state index in [1.165, 1.54) is 0 Å². The van der Waals surface area contributed by atoms with Crippen molar-refractivity contribution in [3.63, 3.8) is 0 Å². The molecule has 1 aromatic carbocycles. The Morgan fingerprint density at radius 1 is 1.15 bits per heavy atom. The molecule has 0 aliphatic heterocycles. The second-order valence-corrected chi connectivity index (χ2v) is 6.71. The largest absolute Gasteiger partial charge is 0.423 e. The Morgan fingerprint density at radius 2 is 1.96 bits per heavy atom. The Bertz CT molecular complexity index is 1120. The van der Waals surface area contributed by atoms with E-state index in [-0.39, 0.29) is 11.9 Å². The number of aromatic nitrogens is 4. The quantitative estimate of drug-likeness (QED) is 0.568. The minimum Gasteiger partial charge on any atom is -0.423 e. The summed E-state index contributed by atoms with van der Waals surface area (Å²) in [5.41, 5.74) is 4.14. The summed E-state index contributed by atoms with van der Waals surface area (Å²) >= 11 is 0. The Labute approximate surface area is 149 Å². The van der Waals surface area contributed by atoms with Crippen molar-refractivity contribution < 1.29 is 9.21 Å². The number of oxazole rings is 1. The molecular formula is C19H17N5O2. The number of carbonyl (C=O) groups excluding carboxylic acids is 1. The first-order valence-electron chi connectivity index (χ1n) is 8.63. The molecule has 0 unspecified atom stereocenters. The first-order valence-corrected chi connectivity index (χ1v) is 8.63. The van der Waals surface area contributed by atoms with Gasteiger partial charge in [0.1, 0.15) is 11.2 Å². The van der Waals surface area contributed by atoms with Gasteiger partial charge in [-0.3, -0.25) is 9.69 Å². The molecule has 1 saturated carbocycles. The Morgan fingerprint density at radius 3 is 2.73 bits per heavy atom. The topological polar surface area (TPSA) is 76.5 Å². The van der Waals surface area contributed by atoms with E-state index in [4.69, 9.17) is 4.42 Å². The number of para-hydroxylation sites is 2. The molecular weight excluding hydrogens is 330 g/mol. The van der Waals surface area contributed by atoms with Crippen molar-refractivity contribution in [3.8, 4) is 0 Å². The van der Waals surface area contributed by atoms with Crippen LogP contribution in [0.5, 0.6) is 0 Å². The summed E-state index contributed by atoms with van der Waals surface area (Å²) in [7, 11) is 0. The van der Waals surface area contributed by atoms with Crippen LogP contribution in [0.1, 0.15) is 34.7 Å². The predicted molar refractivity (Wildman–Crippen MR) is 96.3 cm³/mol. The lowest BCUT2D eigenvalue weighted by atomic mass is 10.3. The monoisotopic (exact) mass is 347 g/mol. The third-order valence-corrected chi connectivity index (χ3v) is 4.52. The highest BCUT2D eigenvalue weighted by Crippen LogP contribution is 2.34. The first-order chi connectivity index (χ1) is 12.6. The van der Waals surface area contributed by atoms with Gasteiger partial charge in [-0.25, -0.2) is 9.50 Å². The van der Waals surface area contributed by atoms with Gasteiger partial charge in [0.2, 0.25) is 0 Å². The zero-order chi connectivity index (χ0) is 17.8. The molecule has 0 N–H and O–H groups in total. The van der Waals surface area contributed by atoms with Crippen molar-refractivity contribution in [1.29, 1.82) is 0 Å². The van der Waals surface area contributed by atoms with Gasteiger partial charge in [0.25, 0.3) is 5.91 Å². The average Bonchev–Trinajstić information content (AvgIpc) is 3.22. The molecule has 0 radical (unpaired) electrons. The van der Waals surface area contributed by atoms with E-state index in [9.17, 15) is 4.79 Å². The van der Waals surface area contributed by atoms with Crippen LogP contribution >= 0.6 is 0 Å². The van der Waals surface area contributed by atoms with Crippen LogP contribution in [0, 0.1) is 13.8 Å². The van der Waals surface area contributed by atoms with Crippen LogP contribution in [0.25, 0.3) is 16.7 Å². The molecule has 26 heavy (non-hydrogen) atoms. The Balaban J connectivity index is 1.65.